The number of aliphatic hydroxyl groups excluding tert-OH is 1. The topological polar surface area (TPSA) is 58.6 Å². The SMILES string of the molecule is COc1ccccc1/C(C)=C/C(=O)Nc1cc(CO)ccc1C. The Morgan fingerprint density at radius 3 is 2.70 bits per heavy atom. The third-order valence-electron chi connectivity index (χ3n) is 3.62. The molecule has 0 saturated carbocycles. The summed E-state index contributed by atoms with van der Waals surface area (Å²) in [6.07, 6.45) is 1.54. The fraction of sp³-hybridized carbons (Fsp3) is 0.211. The highest BCUT2D eigenvalue weighted by molar-refractivity contribution is 6.04. The van der Waals surface area contributed by atoms with Crippen LogP contribution in [0.2, 0.25) is 0 Å². The molecule has 1 amide bonds. The summed E-state index contributed by atoms with van der Waals surface area (Å²) in [6.45, 7) is 3.72. The lowest BCUT2D eigenvalue weighted by Gasteiger charge is -2.10. The van der Waals surface area contributed by atoms with Gasteiger partial charge in [-0.05, 0) is 42.7 Å². The van der Waals surface area contributed by atoms with Gasteiger partial charge in [0.2, 0.25) is 5.91 Å². The predicted octanol–water partition coefficient (Wildman–Crippen LogP) is 3.54. The highest BCUT2D eigenvalue weighted by Crippen LogP contribution is 2.25. The quantitative estimate of drug-likeness (QED) is 0.830. The van der Waals surface area contributed by atoms with E-state index < -0.39 is 0 Å². The maximum absolute atomic E-state index is 12.3. The van der Waals surface area contributed by atoms with Crippen LogP contribution < -0.4 is 10.1 Å². The van der Waals surface area contributed by atoms with E-state index in [4.69, 9.17) is 4.74 Å². The zero-order chi connectivity index (χ0) is 16.8. The summed E-state index contributed by atoms with van der Waals surface area (Å²) in [4.78, 5) is 12.3. The first-order valence-electron chi connectivity index (χ1n) is 7.38. The van der Waals surface area contributed by atoms with E-state index in [1.807, 2.05) is 50.2 Å². The van der Waals surface area contributed by atoms with Crippen LogP contribution in [0.3, 0.4) is 0 Å². The van der Waals surface area contributed by atoms with Gasteiger partial charge in [-0.1, -0.05) is 30.3 Å². The largest absolute Gasteiger partial charge is 0.496 e. The fourth-order valence-electron chi connectivity index (χ4n) is 2.32. The Balaban J connectivity index is 2.21. The van der Waals surface area contributed by atoms with E-state index >= 15 is 0 Å². The van der Waals surface area contributed by atoms with Crippen molar-refractivity contribution in [1.82, 2.24) is 0 Å². The number of carbonyl (C=O) groups is 1. The monoisotopic (exact) mass is 311 g/mol. The van der Waals surface area contributed by atoms with Crippen molar-refractivity contribution >= 4 is 17.2 Å². The number of benzene rings is 2. The highest BCUT2D eigenvalue weighted by atomic mass is 16.5. The number of hydrogen-bond acceptors (Lipinski definition) is 3. The number of aliphatic hydroxyl groups is 1. The van der Waals surface area contributed by atoms with Crippen LogP contribution in [0.25, 0.3) is 5.57 Å². The minimum absolute atomic E-state index is 0.0563. The predicted molar refractivity (Wildman–Crippen MR) is 92.4 cm³/mol. The molecular formula is C19H21NO3. The van der Waals surface area contributed by atoms with Gasteiger partial charge in [0.1, 0.15) is 5.75 Å². The molecule has 0 fully saturated rings. The molecule has 120 valence electrons. The van der Waals surface area contributed by atoms with Crippen molar-refractivity contribution in [3.05, 3.63) is 65.2 Å². The molecule has 0 atom stereocenters. The van der Waals surface area contributed by atoms with E-state index in [0.717, 1.165) is 28.0 Å². The Labute approximate surface area is 136 Å². The number of methoxy groups -OCH3 is 1. The van der Waals surface area contributed by atoms with Gasteiger partial charge in [0.15, 0.2) is 0 Å². The van der Waals surface area contributed by atoms with Gasteiger partial charge in [-0.25, -0.2) is 0 Å². The first-order chi connectivity index (χ1) is 11.0. The van der Waals surface area contributed by atoms with E-state index in [1.165, 1.54) is 0 Å². The van der Waals surface area contributed by atoms with E-state index in [9.17, 15) is 9.90 Å². The number of nitrogens with one attached hydrogen (secondary N) is 1. The van der Waals surface area contributed by atoms with Crippen LogP contribution in [0, 0.1) is 6.92 Å². The van der Waals surface area contributed by atoms with Crippen molar-refractivity contribution in [2.75, 3.05) is 12.4 Å². The Bertz CT molecular complexity index is 735. The molecule has 2 aromatic carbocycles. The average Bonchev–Trinajstić information content (AvgIpc) is 2.56. The van der Waals surface area contributed by atoms with E-state index in [0.29, 0.717) is 5.69 Å². The molecule has 0 aliphatic carbocycles. The number of rotatable bonds is 5. The Morgan fingerprint density at radius 2 is 2.00 bits per heavy atom. The minimum Gasteiger partial charge on any atom is -0.496 e. The van der Waals surface area contributed by atoms with Crippen LogP contribution in [0.4, 0.5) is 5.69 Å². The van der Waals surface area contributed by atoms with Gasteiger partial charge in [-0.2, -0.15) is 0 Å². The van der Waals surface area contributed by atoms with Gasteiger partial charge in [0.05, 0.1) is 13.7 Å². The van der Waals surface area contributed by atoms with Gasteiger partial charge in [0, 0.05) is 17.3 Å². The maximum atomic E-state index is 12.3. The molecular weight excluding hydrogens is 290 g/mol. The molecule has 2 aromatic rings. The van der Waals surface area contributed by atoms with Crippen molar-refractivity contribution in [2.45, 2.75) is 20.5 Å². The number of hydrogen-bond donors (Lipinski definition) is 2. The minimum atomic E-state index is -0.216. The summed E-state index contributed by atoms with van der Waals surface area (Å²) in [5.74, 6) is 0.513. The molecule has 0 saturated heterocycles. The van der Waals surface area contributed by atoms with Gasteiger partial charge < -0.3 is 15.2 Å². The summed E-state index contributed by atoms with van der Waals surface area (Å²) in [5, 5.41) is 12.1. The normalized spacial score (nSPS) is 11.2. The molecule has 23 heavy (non-hydrogen) atoms. The number of carbonyl (C=O) groups excluding carboxylic acids is 1. The number of aryl methyl sites for hydroxylation is 1. The Hall–Kier alpha value is -2.59. The van der Waals surface area contributed by atoms with Gasteiger partial charge in [-0.3, -0.25) is 4.79 Å². The fourth-order valence-corrected chi connectivity index (χ4v) is 2.32. The van der Waals surface area contributed by atoms with Crippen molar-refractivity contribution < 1.29 is 14.6 Å². The molecule has 0 heterocycles. The second-order valence-corrected chi connectivity index (χ2v) is 5.32. The van der Waals surface area contributed by atoms with E-state index in [1.54, 1.807) is 19.3 Å². The summed E-state index contributed by atoms with van der Waals surface area (Å²) >= 11 is 0. The zero-order valence-corrected chi connectivity index (χ0v) is 13.6. The lowest BCUT2D eigenvalue weighted by molar-refractivity contribution is -0.111. The van der Waals surface area contributed by atoms with Crippen LogP contribution >= 0.6 is 0 Å². The van der Waals surface area contributed by atoms with Gasteiger partial charge in [-0.15, -0.1) is 0 Å². The Kier molecular flexibility index (Phi) is 5.55. The maximum Gasteiger partial charge on any atom is 0.248 e. The van der Waals surface area contributed by atoms with Crippen LogP contribution in [0.15, 0.2) is 48.5 Å². The molecule has 0 radical (unpaired) electrons. The zero-order valence-electron chi connectivity index (χ0n) is 13.6. The number of ether oxygens (including phenoxy) is 1. The number of allylic oxidation sites excluding steroid dienone is 1. The van der Waals surface area contributed by atoms with Crippen LogP contribution in [-0.2, 0) is 11.4 Å². The number of amides is 1. The molecule has 0 aliphatic rings. The molecule has 0 bridgehead atoms. The summed E-state index contributed by atoms with van der Waals surface area (Å²) in [6, 6.07) is 13.1. The van der Waals surface area contributed by atoms with Crippen LogP contribution in [-0.4, -0.2) is 18.1 Å². The van der Waals surface area contributed by atoms with Crippen LogP contribution in [0.5, 0.6) is 5.75 Å². The third-order valence-corrected chi connectivity index (χ3v) is 3.62. The highest BCUT2D eigenvalue weighted by Gasteiger charge is 2.07. The van der Waals surface area contributed by atoms with Crippen LogP contribution in [0.1, 0.15) is 23.6 Å². The molecule has 0 unspecified atom stereocenters. The molecule has 0 spiro atoms. The molecule has 2 N–H and O–H groups in total. The summed E-state index contributed by atoms with van der Waals surface area (Å²) in [5.41, 5.74) is 4.10. The van der Waals surface area contributed by atoms with Crippen molar-refractivity contribution in [3.8, 4) is 5.75 Å². The first kappa shape index (κ1) is 16.8. The lowest BCUT2D eigenvalue weighted by atomic mass is 10.1. The second-order valence-electron chi connectivity index (χ2n) is 5.32. The van der Waals surface area contributed by atoms with E-state index in [-0.39, 0.29) is 12.5 Å². The summed E-state index contributed by atoms with van der Waals surface area (Å²) in [7, 11) is 1.61. The molecule has 0 aliphatic heterocycles. The molecule has 4 nitrogen and oxygen atoms in total. The van der Waals surface area contributed by atoms with Crippen molar-refractivity contribution in [3.63, 3.8) is 0 Å². The smallest absolute Gasteiger partial charge is 0.248 e. The van der Waals surface area contributed by atoms with Crippen molar-refractivity contribution in [1.29, 1.82) is 0 Å². The number of para-hydroxylation sites is 1. The molecule has 4 heteroatoms. The van der Waals surface area contributed by atoms with Crippen molar-refractivity contribution in [2.24, 2.45) is 0 Å². The van der Waals surface area contributed by atoms with Gasteiger partial charge >= 0.3 is 0 Å². The third kappa shape index (κ3) is 4.20. The first-order valence-corrected chi connectivity index (χ1v) is 7.38. The standard InChI is InChI=1S/C19H21NO3/c1-13-8-9-15(12-21)11-17(13)20-19(22)10-14(2)16-6-4-5-7-18(16)23-3/h4-11,21H,12H2,1-3H3,(H,20,22)/b14-10+. The Morgan fingerprint density at radius 1 is 1.26 bits per heavy atom. The molecule has 2 rings (SSSR count). The molecule has 0 aromatic heterocycles. The number of anilines is 1. The van der Waals surface area contributed by atoms with Gasteiger partial charge in [0.25, 0.3) is 0 Å². The van der Waals surface area contributed by atoms with E-state index in [2.05, 4.69) is 5.32 Å². The lowest BCUT2D eigenvalue weighted by Crippen LogP contribution is -2.10. The second kappa shape index (κ2) is 7.61. The average molecular weight is 311 g/mol. The summed E-state index contributed by atoms with van der Waals surface area (Å²) < 4.78 is 5.32.